The molecule has 1 unspecified atom stereocenters. The third-order valence-corrected chi connectivity index (χ3v) is 4.35. The third kappa shape index (κ3) is 4.72. The van der Waals surface area contributed by atoms with Crippen molar-refractivity contribution in [3.05, 3.63) is 35.4 Å². The standard InChI is InChI=1S/C17H26N2O.ClH/c1-13-5-7-14(8-6-13)15(18)16(20)19-11-4-9-17(2,3)10-12-19;/h5-8,15H,4,9-12,18H2,1-3H3;1H. The van der Waals surface area contributed by atoms with E-state index in [1.165, 1.54) is 12.0 Å². The summed E-state index contributed by atoms with van der Waals surface area (Å²) < 4.78 is 0. The van der Waals surface area contributed by atoms with E-state index in [-0.39, 0.29) is 18.3 Å². The van der Waals surface area contributed by atoms with Gasteiger partial charge >= 0.3 is 0 Å². The largest absolute Gasteiger partial charge is 0.341 e. The van der Waals surface area contributed by atoms with Crippen molar-refractivity contribution >= 4 is 18.3 Å². The molecule has 21 heavy (non-hydrogen) atoms. The Bertz CT molecular complexity index is 470. The molecule has 0 bridgehead atoms. The van der Waals surface area contributed by atoms with Crippen LogP contribution in [0.25, 0.3) is 0 Å². The molecule has 3 nitrogen and oxygen atoms in total. The number of likely N-dealkylation sites (tertiary alicyclic amines) is 1. The van der Waals surface area contributed by atoms with E-state index in [0.717, 1.165) is 31.5 Å². The first-order valence-electron chi connectivity index (χ1n) is 7.50. The number of nitrogens with two attached hydrogens (primary N) is 1. The quantitative estimate of drug-likeness (QED) is 0.909. The highest BCUT2D eigenvalue weighted by Gasteiger charge is 2.28. The van der Waals surface area contributed by atoms with Gasteiger partial charge in [-0.05, 0) is 37.2 Å². The first-order valence-corrected chi connectivity index (χ1v) is 7.50. The van der Waals surface area contributed by atoms with Gasteiger partial charge in [-0.2, -0.15) is 0 Å². The van der Waals surface area contributed by atoms with Gasteiger partial charge < -0.3 is 10.6 Å². The van der Waals surface area contributed by atoms with E-state index in [1.54, 1.807) is 0 Å². The predicted octanol–water partition coefficient (Wildman–Crippen LogP) is 3.46. The van der Waals surface area contributed by atoms with Crippen molar-refractivity contribution in [1.82, 2.24) is 4.90 Å². The second-order valence-electron chi connectivity index (χ2n) is 6.73. The van der Waals surface area contributed by atoms with Crippen molar-refractivity contribution < 1.29 is 4.79 Å². The van der Waals surface area contributed by atoms with Crippen LogP contribution in [0.5, 0.6) is 0 Å². The van der Waals surface area contributed by atoms with E-state index in [1.807, 2.05) is 36.1 Å². The molecule has 1 amide bonds. The molecular weight excluding hydrogens is 284 g/mol. The molecule has 2 N–H and O–H groups in total. The number of hydrogen-bond acceptors (Lipinski definition) is 2. The van der Waals surface area contributed by atoms with Crippen LogP contribution in [0, 0.1) is 12.3 Å². The Morgan fingerprint density at radius 3 is 2.43 bits per heavy atom. The lowest BCUT2D eigenvalue weighted by molar-refractivity contribution is -0.132. The fourth-order valence-electron chi connectivity index (χ4n) is 2.76. The van der Waals surface area contributed by atoms with E-state index in [4.69, 9.17) is 5.73 Å². The molecule has 118 valence electrons. The SMILES string of the molecule is Cc1ccc(C(N)C(=O)N2CCCC(C)(C)CC2)cc1.Cl. The average Bonchev–Trinajstić information content (AvgIpc) is 2.59. The lowest BCUT2D eigenvalue weighted by Crippen LogP contribution is -2.39. The maximum Gasteiger partial charge on any atom is 0.244 e. The van der Waals surface area contributed by atoms with Gasteiger partial charge in [-0.1, -0.05) is 43.7 Å². The number of amides is 1. The minimum atomic E-state index is -0.531. The summed E-state index contributed by atoms with van der Waals surface area (Å²) in [5, 5.41) is 0. The molecule has 0 saturated carbocycles. The Kier molecular flexibility index (Phi) is 6.24. The van der Waals surface area contributed by atoms with Crippen molar-refractivity contribution in [1.29, 1.82) is 0 Å². The highest BCUT2D eigenvalue weighted by molar-refractivity contribution is 5.85. The first kappa shape index (κ1) is 18.0. The molecule has 2 rings (SSSR count). The minimum Gasteiger partial charge on any atom is -0.341 e. The Labute approximate surface area is 134 Å². The van der Waals surface area contributed by atoms with Crippen LogP contribution in [0.4, 0.5) is 0 Å². The van der Waals surface area contributed by atoms with Gasteiger partial charge in [0.25, 0.3) is 0 Å². The number of hydrogen-bond donors (Lipinski definition) is 1. The lowest BCUT2D eigenvalue weighted by Gasteiger charge is -2.25. The van der Waals surface area contributed by atoms with Gasteiger partial charge in [0, 0.05) is 13.1 Å². The number of halogens is 1. The van der Waals surface area contributed by atoms with Crippen LogP contribution in [-0.2, 0) is 4.79 Å². The zero-order valence-electron chi connectivity index (χ0n) is 13.3. The Morgan fingerprint density at radius 1 is 1.19 bits per heavy atom. The van der Waals surface area contributed by atoms with Crippen LogP contribution >= 0.6 is 12.4 Å². The van der Waals surface area contributed by atoms with Crippen molar-refractivity contribution in [2.45, 2.75) is 46.1 Å². The van der Waals surface area contributed by atoms with E-state index >= 15 is 0 Å². The second kappa shape index (κ2) is 7.28. The molecule has 0 aliphatic carbocycles. The number of carbonyl (C=O) groups is 1. The molecule has 0 spiro atoms. The van der Waals surface area contributed by atoms with Crippen LogP contribution < -0.4 is 5.73 Å². The number of aryl methyl sites for hydroxylation is 1. The predicted molar refractivity (Wildman–Crippen MR) is 89.6 cm³/mol. The highest BCUT2D eigenvalue weighted by Crippen LogP contribution is 2.30. The van der Waals surface area contributed by atoms with Gasteiger partial charge in [0.2, 0.25) is 5.91 Å². The molecule has 1 aromatic rings. The van der Waals surface area contributed by atoms with Crippen molar-refractivity contribution in [3.8, 4) is 0 Å². The fraction of sp³-hybridized carbons (Fsp3) is 0.588. The Morgan fingerprint density at radius 2 is 1.81 bits per heavy atom. The van der Waals surface area contributed by atoms with E-state index in [0.29, 0.717) is 5.41 Å². The van der Waals surface area contributed by atoms with Gasteiger partial charge in [-0.15, -0.1) is 12.4 Å². The van der Waals surface area contributed by atoms with E-state index in [9.17, 15) is 4.79 Å². The van der Waals surface area contributed by atoms with Gasteiger partial charge in [-0.25, -0.2) is 0 Å². The van der Waals surface area contributed by atoms with E-state index < -0.39 is 6.04 Å². The fourth-order valence-corrected chi connectivity index (χ4v) is 2.76. The van der Waals surface area contributed by atoms with Crippen molar-refractivity contribution in [3.63, 3.8) is 0 Å². The zero-order valence-corrected chi connectivity index (χ0v) is 14.1. The Balaban J connectivity index is 0.00000220. The molecule has 1 saturated heterocycles. The van der Waals surface area contributed by atoms with Crippen LogP contribution in [0.3, 0.4) is 0 Å². The zero-order chi connectivity index (χ0) is 14.8. The normalized spacial score (nSPS) is 19.3. The summed E-state index contributed by atoms with van der Waals surface area (Å²) in [6, 6.07) is 7.40. The molecule has 1 aliphatic rings. The lowest BCUT2D eigenvalue weighted by atomic mass is 9.85. The van der Waals surface area contributed by atoms with Gasteiger partial charge in [0.1, 0.15) is 6.04 Å². The molecule has 0 radical (unpaired) electrons. The molecule has 1 aliphatic heterocycles. The van der Waals surface area contributed by atoms with Gasteiger partial charge in [0.15, 0.2) is 0 Å². The molecule has 1 heterocycles. The number of rotatable bonds is 2. The third-order valence-electron chi connectivity index (χ3n) is 4.35. The molecule has 1 aromatic carbocycles. The second-order valence-corrected chi connectivity index (χ2v) is 6.73. The summed E-state index contributed by atoms with van der Waals surface area (Å²) in [6.07, 6.45) is 3.30. The highest BCUT2D eigenvalue weighted by atomic mass is 35.5. The topological polar surface area (TPSA) is 46.3 Å². The van der Waals surface area contributed by atoms with Crippen molar-refractivity contribution in [2.24, 2.45) is 11.1 Å². The maximum atomic E-state index is 12.5. The molecule has 0 aromatic heterocycles. The van der Waals surface area contributed by atoms with E-state index in [2.05, 4.69) is 13.8 Å². The summed E-state index contributed by atoms with van der Waals surface area (Å²) in [6.45, 7) is 8.25. The molecular formula is C17H27ClN2O. The smallest absolute Gasteiger partial charge is 0.244 e. The summed E-state index contributed by atoms with van der Waals surface area (Å²) in [7, 11) is 0. The summed E-state index contributed by atoms with van der Waals surface area (Å²) in [4.78, 5) is 14.5. The maximum absolute atomic E-state index is 12.5. The van der Waals surface area contributed by atoms with Crippen LogP contribution in [0.2, 0.25) is 0 Å². The van der Waals surface area contributed by atoms with Crippen LogP contribution in [0.15, 0.2) is 24.3 Å². The summed E-state index contributed by atoms with van der Waals surface area (Å²) in [5.41, 5.74) is 8.57. The summed E-state index contributed by atoms with van der Waals surface area (Å²) in [5.74, 6) is 0.0616. The first-order chi connectivity index (χ1) is 9.39. The Hall–Kier alpha value is -1.06. The van der Waals surface area contributed by atoms with Gasteiger partial charge in [0.05, 0.1) is 0 Å². The van der Waals surface area contributed by atoms with Crippen molar-refractivity contribution in [2.75, 3.05) is 13.1 Å². The number of carbonyl (C=O) groups excluding carboxylic acids is 1. The van der Waals surface area contributed by atoms with Crippen LogP contribution in [-0.4, -0.2) is 23.9 Å². The number of benzene rings is 1. The monoisotopic (exact) mass is 310 g/mol. The van der Waals surface area contributed by atoms with Crippen LogP contribution in [0.1, 0.15) is 50.3 Å². The molecule has 4 heteroatoms. The average molecular weight is 311 g/mol. The molecule has 1 fully saturated rings. The summed E-state index contributed by atoms with van der Waals surface area (Å²) >= 11 is 0. The minimum absolute atomic E-state index is 0. The van der Waals surface area contributed by atoms with Gasteiger partial charge in [-0.3, -0.25) is 4.79 Å². The molecule has 1 atom stereocenters. The number of nitrogens with zero attached hydrogens (tertiary/aromatic N) is 1.